The van der Waals surface area contributed by atoms with Gasteiger partial charge in [0, 0.05) is 29.7 Å². The number of fused-ring (bicyclic) bond motifs is 1. The number of amides is 1. The van der Waals surface area contributed by atoms with Crippen LogP contribution in [0.1, 0.15) is 43.5 Å². The Morgan fingerprint density at radius 1 is 1.17 bits per heavy atom. The average molecular weight is 593 g/mol. The van der Waals surface area contributed by atoms with Gasteiger partial charge in [0.1, 0.15) is 0 Å². The van der Waals surface area contributed by atoms with E-state index in [1.165, 1.54) is 11.3 Å². The Balaban J connectivity index is 1.42. The number of benzene rings is 2. The summed E-state index contributed by atoms with van der Waals surface area (Å²) >= 11 is 4.96. The lowest BCUT2D eigenvalue weighted by molar-refractivity contribution is 0.0917. The largest absolute Gasteiger partial charge is 0.376 e. The fourth-order valence-corrected chi connectivity index (χ4v) is 8.32. The van der Waals surface area contributed by atoms with Gasteiger partial charge in [0.15, 0.2) is 5.13 Å². The molecule has 3 atom stereocenters. The number of anilines is 1. The van der Waals surface area contributed by atoms with Crippen LogP contribution in [0.3, 0.4) is 0 Å². The molecule has 2 aliphatic rings. The molecule has 0 N–H and O–H groups in total. The zero-order chi connectivity index (χ0) is 25.4. The van der Waals surface area contributed by atoms with Crippen LogP contribution in [-0.2, 0) is 14.8 Å². The van der Waals surface area contributed by atoms with Crippen LogP contribution in [0.2, 0.25) is 0 Å². The average Bonchev–Trinajstić information content (AvgIpc) is 3.51. The van der Waals surface area contributed by atoms with E-state index in [1.54, 1.807) is 33.5 Å². The minimum atomic E-state index is -3.61. The number of carbonyl (C=O) groups excluding carboxylic acids is 1. The first-order valence-corrected chi connectivity index (χ1v) is 15.4. The highest BCUT2D eigenvalue weighted by Gasteiger charge is 2.32. The van der Waals surface area contributed by atoms with Gasteiger partial charge in [0.05, 0.1) is 27.8 Å². The summed E-state index contributed by atoms with van der Waals surface area (Å²) in [6, 6.07) is 12.2. The number of carbonyl (C=O) groups is 1. The van der Waals surface area contributed by atoms with E-state index in [4.69, 9.17) is 9.72 Å². The molecule has 2 fully saturated rings. The Kier molecular flexibility index (Phi) is 7.51. The second-order valence-electron chi connectivity index (χ2n) is 9.95. The first kappa shape index (κ1) is 25.8. The van der Waals surface area contributed by atoms with Gasteiger partial charge in [-0.25, -0.2) is 13.4 Å². The molecular weight excluding hydrogens is 562 g/mol. The fourth-order valence-electron chi connectivity index (χ4n) is 5.12. The lowest BCUT2D eigenvalue weighted by atomic mass is 9.94. The SMILES string of the molecule is CC1CC(C)CN(S(=O)(=O)c2ccc(C(=O)N(CC3CCCO3)c3nc4ccc(Br)cc4s3)cc2)C1. The Morgan fingerprint density at radius 3 is 2.56 bits per heavy atom. The maximum Gasteiger partial charge on any atom is 0.260 e. The van der Waals surface area contributed by atoms with Gasteiger partial charge in [0.25, 0.3) is 5.91 Å². The molecule has 3 aromatic rings. The number of ether oxygens (including phenoxy) is 1. The molecule has 10 heteroatoms. The molecule has 2 aliphatic heterocycles. The van der Waals surface area contributed by atoms with Crippen molar-refractivity contribution in [3.63, 3.8) is 0 Å². The van der Waals surface area contributed by atoms with E-state index in [9.17, 15) is 13.2 Å². The van der Waals surface area contributed by atoms with E-state index >= 15 is 0 Å². The molecule has 192 valence electrons. The molecule has 2 aromatic carbocycles. The Labute approximate surface area is 224 Å². The van der Waals surface area contributed by atoms with Crippen molar-refractivity contribution in [3.05, 3.63) is 52.5 Å². The molecule has 1 amide bonds. The van der Waals surface area contributed by atoms with Crippen LogP contribution in [0, 0.1) is 11.8 Å². The number of nitrogens with zero attached hydrogens (tertiary/aromatic N) is 3. The molecule has 3 heterocycles. The van der Waals surface area contributed by atoms with Gasteiger partial charge in [-0.15, -0.1) is 0 Å². The Morgan fingerprint density at radius 2 is 1.89 bits per heavy atom. The number of hydrogen-bond acceptors (Lipinski definition) is 6. The van der Waals surface area contributed by atoms with Crippen molar-refractivity contribution in [2.45, 2.75) is 44.1 Å². The van der Waals surface area contributed by atoms with Gasteiger partial charge in [-0.3, -0.25) is 9.69 Å². The first-order chi connectivity index (χ1) is 17.2. The summed E-state index contributed by atoms with van der Waals surface area (Å²) in [5.74, 6) is 0.433. The number of hydrogen-bond donors (Lipinski definition) is 0. The van der Waals surface area contributed by atoms with Gasteiger partial charge in [-0.1, -0.05) is 41.1 Å². The van der Waals surface area contributed by atoms with Crippen molar-refractivity contribution >= 4 is 58.5 Å². The van der Waals surface area contributed by atoms with Gasteiger partial charge in [-0.2, -0.15) is 4.31 Å². The molecule has 0 aliphatic carbocycles. The van der Waals surface area contributed by atoms with Crippen LogP contribution < -0.4 is 4.90 Å². The fraction of sp³-hybridized carbons (Fsp3) is 0.462. The molecular formula is C26H30BrN3O4S2. The number of sulfonamides is 1. The summed E-state index contributed by atoms with van der Waals surface area (Å²) in [6.45, 7) is 6.32. The Bertz CT molecular complexity index is 1340. The van der Waals surface area contributed by atoms with E-state index in [0.29, 0.717) is 48.8 Å². The lowest BCUT2D eigenvalue weighted by Gasteiger charge is -2.34. The van der Waals surface area contributed by atoms with Gasteiger partial charge >= 0.3 is 0 Å². The van der Waals surface area contributed by atoms with Crippen molar-refractivity contribution in [2.75, 3.05) is 31.1 Å². The van der Waals surface area contributed by atoms with E-state index in [-0.39, 0.29) is 16.9 Å². The highest BCUT2D eigenvalue weighted by molar-refractivity contribution is 9.10. The molecule has 1 aromatic heterocycles. The quantitative estimate of drug-likeness (QED) is 0.375. The molecule has 0 saturated carbocycles. The first-order valence-electron chi connectivity index (χ1n) is 12.3. The molecule has 0 spiro atoms. The molecule has 7 nitrogen and oxygen atoms in total. The number of piperidine rings is 1. The van der Waals surface area contributed by atoms with Crippen LogP contribution >= 0.6 is 27.3 Å². The van der Waals surface area contributed by atoms with E-state index < -0.39 is 10.0 Å². The van der Waals surface area contributed by atoms with Crippen molar-refractivity contribution in [2.24, 2.45) is 11.8 Å². The summed E-state index contributed by atoms with van der Waals surface area (Å²) < 4.78 is 35.9. The van der Waals surface area contributed by atoms with Gasteiger partial charge < -0.3 is 4.74 Å². The number of aromatic nitrogens is 1. The highest BCUT2D eigenvalue weighted by atomic mass is 79.9. The highest BCUT2D eigenvalue weighted by Crippen LogP contribution is 2.33. The molecule has 5 rings (SSSR count). The standard InChI is InChI=1S/C26H30BrN3O4S2/c1-17-12-18(2)15-29(14-17)36(32,33)22-8-5-19(6-9-22)25(31)30(16-21-4-3-11-34-21)26-28-23-10-7-20(27)13-24(23)35-26/h5-10,13,17-18,21H,3-4,11-12,14-16H2,1-2H3. The topological polar surface area (TPSA) is 79.8 Å². The monoisotopic (exact) mass is 591 g/mol. The molecule has 3 unspecified atom stereocenters. The van der Waals surface area contributed by atoms with Crippen LogP contribution in [0.15, 0.2) is 51.8 Å². The van der Waals surface area contributed by atoms with Crippen LogP contribution in [0.25, 0.3) is 10.2 Å². The summed E-state index contributed by atoms with van der Waals surface area (Å²) in [5.41, 5.74) is 1.25. The lowest BCUT2D eigenvalue weighted by Crippen LogP contribution is -2.42. The summed E-state index contributed by atoms with van der Waals surface area (Å²) in [7, 11) is -3.61. The summed E-state index contributed by atoms with van der Waals surface area (Å²) in [6.07, 6.45) is 2.85. The van der Waals surface area contributed by atoms with Crippen molar-refractivity contribution < 1.29 is 17.9 Å². The van der Waals surface area contributed by atoms with Crippen molar-refractivity contribution in [1.29, 1.82) is 0 Å². The number of thiazole rings is 1. The van der Waals surface area contributed by atoms with Gasteiger partial charge in [-0.05, 0) is 73.6 Å². The molecule has 2 saturated heterocycles. The number of rotatable bonds is 6. The van der Waals surface area contributed by atoms with E-state index in [2.05, 4.69) is 29.8 Å². The zero-order valence-corrected chi connectivity index (χ0v) is 23.6. The van der Waals surface area contributed by atoms with Gasteiger partial charge in [0.2, 0.25) is 10.0 Å². The predicted octanol–water partition coefficient (Wildman–Crippen LogP) is 5.55. The summed E-state index contributed by atoms with van der Waals surface area (Å²) in [4.78, 5) is 20.3. The third-order valence-electron chi connectivity index (χ3n) is 6.80. The third-order valence-corrected chi connectivity index (χ3v) is 10.2. The maximum atomic E-state index is 13.7. The second-order valence-corrected chi connectivity index (χ2v) is 13.8. The third kappa shape index (κ3) is 5.38. The van der Waals surface area contributed by atoms with Crippen LogP contribution in [-0.4, -0.2) is 56.0 Å². The zero-order valence-electron chi connectivity index (χ0n) is 20.4. The molecule has 36 heavy (non-hydrogen) atoms. The van der Waals surface area contributed by atoms with E-state index in [0.717, 1.165) is 34.0 Å². The normalized spacial score (nSPS) is 23.2. The minimum Gasteiger partial charge on any atom is -0.376 e. The smallest absolute Gasteiger partial charge is 0.260 e. The van der Waals surface area contributed by atoms with Crippen molar-refractivity contribution in [3.8, 4) is 0 Å². The summed E-state index contributed by atoms with van der Waals surface area (Å²) in [5, 5.41) is 0.608. The van der Waals surface area contributed by atoms with E-state index in [1.807, 2.05) is 18.2 Å². The van der Waals surface area contributed by atoms with Crippen LogP contribution in [0.4, 0.5) is 5.13 Å². The number of halogens is 1. The Hall–Kier alpha value is -1.85. The molecule has 0 bridgehead atoms. The predicted molar refractivity (Wildman–Crippen MR) is 146 cm³/mol. The minimum absolute atomic E-state index is 0.0459. The maximum absolute atomic E-state index is 13.7. The van der Waals surface area contributed by atoms with Crippen LogP contribution in [0.5, 0.6) is 0 Å². The second kappa shape index (κ2) is 10.5. The molecule has 0 radical (unpaired) electrons. The van der Waals surface area contributed by atoms with Crippen molar-refractivity contribution in [1.82, 2.24) is 9.29 Å².